The van der Waals surface area contributed by atoms with Crippen LogP contribution in [0.25, 0.3) is 5.52 Å². The Labute approximate surface area is 170 Å². The molecule has 0 spiro atoms. The minimum Gasteiger partial charge on any atom is -0.496 e. The Kier molecular flexibility index (Phi) is 6.49. The van der Waals surface area contributed by atoms with Gasteiger partial charge in [-0.2, -0.15) is 0 Å². The van der Waals surface area contributed by atoms with Crippen molar-refractivity contribution in [1.82, 2.24) is 20.0 Å². The molecule has 0 saturated carbocycles. The van der Waals surface area contributed by atoms with E-state index >= 15 is 0 Å². The van der Waals surface area contributed by atoms with Gasteiger partial charge in [-0.1, -0.05) is 38.1 Å². The van der Waals surface area contributed by atoms with Crippen molar-refractivity contribution in [2.24, 2.45) is 5.92 Å². The third kappa shape index (κ3) is 4.74. The summed E-state index contributed by atoms with van der Waals surface area (Å²) in [5, 5.41) is 5.74. The van der Waals surface area contributed by atoms with Crippen molar-refractivity contribution in [1.29, 1.82) is 0 Å². The molecule has 3 aromatic rings. The van der Waals surface area contributed by atoms with Crippen LogP contribution in [0.5, 0.6) is 5.75 Å². The number of carbonyl (C=O) groups excluding carboxylic acids is 2. The number of methoxy groups -OCH3 is 1. The van der Waals surface area contributed by atoms with Gasteiger partial charge in [0.1, 0.15) is 5.75 Å². The number of hydrogen-bond donors (Lipinski definition) is 2. The van der Waals surface area contributed by atoms with Gasteiger partial charge < -0.3 is 15.4 Å². The number of rotatable bonds is 8. The van der Waals surface area contributed by atoms with Crippen LogP contribution in [0.1, 0.15) is 46.9 Å². The molecule has 2 heterocycles. The second kappa shape index (κ2) is 9.23. The number of amides is 2. The van der Waals surface area contributed by atoms with E-state index in [4.69, 9.17) is 4.74 Å². The van der Waals surface area contributed by atoms with Gasteiger partial charge in [-0.25, -0.2) is 4.98 Å². The third-order valence-electron chi connectivity index (χ3n) is 4.61. The van der Waals surface area contributed by atoms with Crippen molar-refractivity contribution < 1.29 is 14.3 Å². The Hall–Kier alpha value is -3.35. The van der Waals surface area contributed by atoms with Gasteiger partial charge in [-0.15, -0.1) is 0 Å². The summed E-state index contributed by atoms with van der Waals surface area (Å²) in [6.45, 7) is 5.06. The number of pyridine rings is 1. The van der Waals surface area contributed by atoms with E-state index < -0.39 is 0 Å². The zero-order valence-corrected chi connectivity index (χ0v) is 16.9. The van der Waals surface area contributed by atoms with Crippen LogP contribution >= 0.6 is 0 Å². The van der Waals surface area contributed by atoms with Crippen molar-refractivity contribution in [2.45, 2.75) is 26.8 Å². The van der Waals surface area contributed by atoms with Crippen molar-refractivity contribution in [3.8, 4) is 5.75 Å². The molecule has 7 nitrogen and oxygen atoms in total. The molecule has 0 unspecified atom stereocenters. The first-order valence-electron chi connectivity index (χ1n) is 9.66. The Bertz CT molecular complexity index is 1010. The summed E-state index contributed by atoms with van der Waals surface area (Å²) in [5.41, 5.74) is 1.70. The summed E-state index contributed by atoms with van der Waals surface area (Å²) < 4.78 is 6.95. The van der Waals surface area contributed by atoms with Gasteiger partial charge in [0, 0.05) is 24.8 Å². The summed E-state index contributed by atoms with van der Waals surface area (Å²) in [4.78, 5) is 29.8. The maximum absolute atomic E-state index is 12.8. The molecule has 2 amide bonds. The summed E-state index contributed by atoms with van der Waals surface area (Å²) in [7, 11) is 1.59. The minimum atomic E-state index is -0.363. The molecule has 0 saturated heterocycles. The molecule has 3 rings (SSSR count). The number of nitrogens with one attached hydrogen (secondary N) is 2. The van der Waals surface area contributed by atoms with Crippen LogP contribution in [0.15, 0.2) is 48.7 Å². The van der Waals surface area contributed by atoms with Crippen LogP contribution in [0.3, 0.4) is 0 Å². The Balaban J connectivity index is 1.80. The average Bonchev–Trinajstić information content (AvgIpc) is 3.12. The van der Waals surface area contributed by atoms with Gasteiger partial charge in [0.15, 0.2) is 5.69 Å². The van der Waals surface area contributed by atoms with E-state index in [1.54, 1.807) is 29.8 Å². The summed E-state index contributed by atoms with van der Waals surface area (Å²) in [6, 6.07) is 12.9. The zero-order chi connectivity index (χ0) is 20.8. The van der Waals surface area contributed by atoms with Crippen LogP contribution in [0.4, 0.5) is 0 Å². The molecule has 0 fully saturated rings. The van der Waals surface area contributed by atoms with Gasteiger partial charge in [0.2, 0.25) is 5.82 Å². The van der Waals surface area contributed by atoms with Crippen LogP contribution in [-0.4, -0.2) is 34.9 Å². The highest BCUT2D eigenvalue weighted by molar-refractivity contribution is 6.02. The Morgan fingerprint density at radius 1 is 1.07 bits per heavy atom. The van der Waals surface area contributed by atoms with Crippen molar-refractivity contribution in [3.05, 3.63) is 65.7 Å². The number of carbonyl (C=O) groups is 2. The minimum absolute atomic E-state index is 0.171. The number of aromatic nitrogens is 2. The topological polar surface area (TPSA) is 84.7 Å². The van der Waals surface area contributed by atoms with E-state index in [1.807, 2.05) is 30.3 Å². The first-order chi connectivity index (χ1) is 14.0. The third-order valence-corrected chi connectivity index (χ3v) is 4.61. The number of ether oxygens (including phenoxy) is 1. The highest BCUT2D eigenvalue weighted by atomic mass is 16.5. The smallest absolute Gasteiger partial charge is 0.287 e. The van der Waals surface area contributed by atoms with E-state index in [0.717, 1.165) is 12.0 Å². The normalized spacial score (nSPS) is 10.9. The molecule has 0 aliphatic carbocycles. The summed E-state index contributed by atoms with van der Waals surface area (Å²) in [5.74, 6) is 0.720. The lowest BCUT2D eigenvalue weighted by Crippen LogP contribution is -2.27. The molecule has 152 valence electrons. The van der Waals surface area contributed by atoms with Crippen molar-refractivity contribution in [2.75, 3.05) is 13.7 Å². The number of nitrogens with zero attached hydrogens (tertiary/aromatic N) is 2. The lowest BCUT2D eigenvalue weighted by Gasteiger charge is -2.09. The highest BCUT2D eigenvalue weighted by Crippen LogP contribution is 2.17. The zero-order valence-electron chi connectivity index (χ0n) is 16.9. The fourth-order valence-electron chi connectivity index (χ4n) is 3.03. The van der Waals surface area contributed by atoms with Crippen LogP contribution < -0.4 is 15.4 Å². The standard InChI is InChI=1S/C22H26N4O3/c1-15(2)11-12-23-21(27)19-17-9-6-7-13-26(17)20(25-19)22(28)24-14-16-8-4-5-10-18(16)29-3/h4-10,13,15H,11-12,14H2,1-3H3,(H,23,27)(H,24,28). The summed E-state index contributed by atoms with van der Waals surface area (Å²) >= 11 is 0. The molecule has 0 bridgehead atoms. The van der Waals surface area contributed by atoms with Crippen LogP contribution in [0, 0.1) is 5.92 Å². The largest absolute Gasteiger partial charge is 0.496 e. The van der Waals surface area contributed by atoms with E-state index in [-0.39, 0.29) is 23.3 Å². The average molecular weight is 394 g/mol. The quantitative estimate of drug-likeness (QED) is 0.615. The molecule has 0 radical (unpaired) electrons. The number of benzene rings is 1. The van der Waals surface area contributed by atoms with Crippen LogP contribution in [0.2, 0.25) is 0 Å². The molecule has 0 aliphatic rings. The van der Waals surface area contributed by atoms with E-state index in [9.17, 15) is 9.59 Å². The molecule has 29 heavy (non-hydrogen) atoms. The van der Waals surface area contributed by atoms with E-state index in [2.05, 4.69) is 29.5 Å². The van der Waals surface area contributed by atoms with Gasteiger partial charge in [0.05, 0.1) is 12.6 Å². The predicted molar refractivity (Wildman–Crippen MR) is 111 cm³/mol. The maximum atomic E-state index is 12.8. The molecule has 2 aromatic heterocycles. The van der Waals surface area contributed by atoms with Crippen LogP contribution in [-0.2, 0) is 6.54 Å². The molecule has 1 aromatic carbocycles. The molecule has 7 heteroatoms. The molecule has 0 aliphatic heterocycles. The van der Waals surface area contributed by atoms with Gasteiger partial charge in [0.25, 0.3) is 11.8 Å². The lowest BCUT2D eigenvalue weighted by atomic mass is 10.1. The fraction of sp³-hybridized carbons (Fsp3) is 0.318. The van der Waals surface area contributed by atoms with E-state index in [1.165, 1.54) is 0 Å². The van der Waals surface area contributed by atoms with E-state index in [0.29, 0.717) is 30.3 Å². The fourth-order valence-corrected chi connectivity index (χ4v) is 3.03. The lowest BCUT2D eigenvalue weighted by molar-refractivity contribution is 0.0939. The number of imidazole rings is 1. The highest BCUT2D eigenvalue weighted by Gasteiger charge is 2.21. The van der Waals surface area contributed by atoms with Gasteiger partial charge in [-0.3, -0.25) is 14.0 Å². The van der Waals surface area contributed by atoms with Gasteiger partial charge >= 0.3 is 0 Å². The Morgan fingerprint density at radius 2 is 1.83 bits per heavy atom. The second-order valence-corrected chi connectivity index (χ2v) is 7.17. The van der Waals surface area contributed by atoms with Gasteiger partial charge in [-0.05, 0) is 30.5 Å². The molecule has 0 atom stereocenters. The number of fused-ring (bicyclic) bond motifs is 1. The first kappa shape index (κ1) is 20.4. The van der Waals surface area contributed by atoms with Crippen molar-refractivity contribution in [3.63, 3.8) is 0 Å². The summed E-state index contributed by atoms with van der Waals surface area (Å²) in [6.07, 6.45) is 2.61. The Morgan fingerprint density at radius 3 is 2.59 bits per heavy atom. The predicted octanol–water partition coefficient (Wildman–Crippen LogP) is 3.05. The molecular formula is C22H26N4O3. The molecular weight excluding hydrogens is 368 g/mol. The SMILES string of the molecule is COc1ccccc1CNC(=O)c1nc(C(=O)NCCC(C)C)c2ccccn12. The first-order valence-corrected chi connectivity index (χ1v) is 9.66. The monoisotopic (exact) mass is 394 g/mol. The number of hydrogen-bond acceptors (Lipinski definition) is 4. The number of para-hydroxylation sites is 1. The van der Waals surface area contributed by atoms with Crippen molar-refractivity contribution >= 4 is 17.3 Å². The maximum Gasteiger partial charge on any atom is 0.287 e. The second-order valence-electron chi connectivity index (χ2n) is 7.17. The molecule has 2 N–H and O–H groups in total.